The van der Waals surface area contributed by atoms with Crippen LogP contribution in [0, 0.1) is 5.41 Å². The van der Waals surface area contributed by atoms with Crippen LogP contribution in [0.4, 0.5) is 0 Å². The number of nitrogens with zero attached hydrogens (tertiary/aromatic N) is 1. The van der Waals surface area contributed by atoms with E-state index in [1.807, 2.05) is 0 Å². The Bertz CT molecular complexity index is 306. The fourth-order valence-corrected chi connectivity index (χ4v) is 2.20. The van der Waals surface area contributed by atoms with Crippen molar-refractivity contribution < 1.29 is 9.84 Å². The van der Waals surface area contributed by atoms with E-state index in [-0.39, 0.29) is 11.5 Å². The van der Waals surface area contributed by atoms with Gasteiger partial charge in [0.15, 0.2) is 0 Å². The van der Waals surface area contributed by atoms with Gasteiger partial charge in [0.1, 0.15) is 0 Å². The molecule has 1 aliphatic carbocycles. The van der Waals surface area contributed by atoms with Crippen LogP contribution in [0.5, 0.6) is 5.19 Å². The lowest BCUT2D eigenvalue weighted by Gasteiger charge is -2.14. The van der Waals surface area contributed by atoms with Gasteiger partial charge in [0.05, 0.1) is 18.1 Å². The molecule has 1 heterocycles. The van der Waals surface area contributed by atoms with Crippen molar-refractivity contribution in [3.8, 4) is 5.19 Å². The van der Waals surface area contributed by atoms with Gasteiger partial charge in [0, 0.05) is 6.20 Å². The highest BCUT2D eigenvalue weighted by Crippen LogP contribution is 2.55. The summed E-state index contributed by atoms with van der Waals surface area (Å²) < 4.78 is 4.97. The van der Waals surface area contributed by atoms with Crippen molar-refractivity contribution >= 4 is 11.3 Å². The van der Waals surface area contributed by atoms with Gasteiger partial charge in [-0.15, -0.1) is 0 Å². The molecule has 0 aromatic carbocycles. The minimum atomic E-state index is -0.367. The zero-order chi connectivity index (χ0) is 9.47. The van der Waals surface area contributed by atoms with E-state index in [1.165, 1.54) is 11.3 Å². The first kappa shape index (κ1) is 8.97. The van der Waals surface area contributed by atoms with Crippen molar-refractivity contribution in [3.05, 3.63) is 11.1 Å². The number of thiazole rings is 1. The molecule has 1 aromatic rings. The van der Waals surface area contributed by atoms with Gasteiger partial charge in [-0.25, -0.2) is 4.98 Å². The van der Waals surface area contributed by atoms with Gasteiger partial charge in [-0.2, -0.15) is 0 Å². The molecule has 3 nitrogen and oxygen atoms in total. The Labute approximate surface area is 81.4 Å². The van der Waals surface area contributed by atoms with E-state index in [0.717, 1.165) is 17.7 Å². The van der Waals surface area contributed by atoms with Gasteiger partial charge in [-0.05, 0) is 18.3 Å². The predicted octanol–water partition coefficient (Wildman–Crippen LogP) is 1.99. The van der Waals surface area contributed by atoms with Gasteiger partial charge in [-0.1, -0.05) is 18.3 Å². The molecule has 13 heavy (non-hydrogen) atoms. The van der Waals surface area contributed by atoms with Crippen molar-refractivity contribution in [3.63, 3.8) is 0 Å². The van der Waals surface area contributed by atoms with Crippen LogP contribution < -0.4 is 4.74 Å². The van der Waals surface area contributed by atoms with Crippen molar-refractivity contribution in [2.45, 2.75) is 25.9 Å². The predicted molar refractivity (Wildman–Crippen MR) is 51.0 cm³/mol. The third kappa shape index (κ3) is 1.56. The number of hydrogen-bond acceptors (Lipinski definition) is 4. The van der Waals surface area contributed by atoms with Gasteiger partial charge >= 0.3 is 0 Å². The topological polar surface area (TPSA) is 42.4 Å². The lowest BCUT2D eigenvalue weighted by molar-refractivity contribution is 0.107. The number of ether oxygens (including phenoxy) is 1. The lowest BCUT2D eigenvalue weighted by Crippen LogP contribution is -2.07. The van der Waals surface area contributed by atoms with Gasteiger partial charge < -0.3 is 9.84 Å². The Kier molecular flexibility index (Phi) is 2.04. The Balaban J connectivity index is 2.15. The minimum absolute atomic E-state index is 0.0948. The summed E-state index contributed by atoms with van der Waals surface area (Å²) in [5, 5.41) is 10.6. The summed E-state index contributed by atoms with van der Waals surface area (Å²) in [5.74, 6) is 0. The van der Waals surface area contributed by atoms with E-state index in [2.05, 4.69) is 11.9 Å². The van der Waals surface area contributed by atoms with Gasteiger partial charge in [0.25, 0.3) is 5.19 Å². The van der Waals surface area contributed by atoms with Gasteiger partial charge in [0.2, 0.25) is 0 Å². The standard InChI is InChI=1S/C9H13NO2S/c1-9(3-4-9)7(11)6-5-10-8(12-2)13-6/h5,7,11H,3-4H2,1-2H3. The molecule has 1 saturated carbocycles. The van der Waals surface area contributed by atoms with E-state index in [9.17, 15) is 5.11 Å². The second-order valence-corrected chi connectivity index (χ2v) is 4.81. The van der Waals surface area contributed by atoms with E-state index >= 15 is 0 Å². The molecule has 0 aliphatic heterocycles. The molecule has 1 N–H and O–H groups in total. The van der Waals surface area contributed by atoms with Crippen molar-refractivity contribution in [2.75, 3.05) is 7.11 Å². The number of aliphatic hydroxyl groups is 1. The number of methoxy groups -OCH3 is 1. The minimum Gasteiger partial charge on any atom is -0.473 e. The van der Waals surface area contributed by atoms with E-state index in [1.54, 1.807) is 13.3 Å². The Hall–Kier alpha value is -0.610. The van der Waals surface area contributed by atoms with E-state index < -0.39 is 0 Å². The lowest BCUT2D eigenvalue weighted by atomic mass is 10.0. The third-order valence-electron chi connectivity index (χ3n) is 2.65. The van der Waals surface area contributed by atoms with Crippen LogP contribution in [0.1, 0.15) is 30.7 Å². The van der Waals surface area contributed by atoms with Crippen LogP contribution in [-0.2, 0) is 0 Å². The Morgan fingerprint density at radius 3 is 2.85 bits per heavy atom. The van der Waals surface area contributed by atoms with Gasteiger partial charge in [-0.3, -0.25) is 0 Å². The zero-order valence-corrected chi connectivity index (χ0v) is 8.60. The molecule has 0 radical (unpaired) electrons. The molecule has 1 atom stereocenters. The first-order valence-corrected chi connectivity index (χ1v) is 5.15. The molecular weight excluding hydrogens is 186 g/mol. The van der Waals surface area contributed by atoms with Crippen LogP contribution in [-0.4, -0.2) is 17.2 Å². The van der Waals surface area contributed by atoms with Crippen LogP contribution in [0.2, 0.25) is 0 Å². The quantitative estimate of drug-likeness (QED) is 0.809. The summed E-state index contributed by atoms with van der Waals surface area (Å²) in [6, 6.07) is 0. The maximum absolute atomic E-state index is 9.94. The summed E-state index contributed by atoms with van der Waals surface area (Å²) in [6.07, 6.45) is 3.55. The van der Waals surface area contributed by atoms with Crippen molar-refractivity contribution in [1.82, 2.24) is 4.98 Å². The van der Waals surface area contributed by atoms with Crippen LogP contribution in [0.15, 0.2) is 6.20 Å². The highest BCUT2D eigenvalue weighted by atomic mass is 32.1. The maximum Gasteiger partial charge on any atom is 0.273 e. The Morgan fingerprint density at radius 2 is 2.38 bits per heavy atom. The molecule has 72 valence electrons. The zero-order valence-electron chi connectivity index (χ0n) is 7.78. The second kappa shape index (κ2) is 2.96. The average molecular weight is 199 g/mol. The molecule has 1 fully saturated rings. The summed E-state index contributed by atoms with van der Waals surface area (Å²) in [6.45, 7) is 2.10. The summed E-state index contributed by atoms with van der Waals surface area (Å²) in [5.41, 5.74) is 0.0948. The average Bonchev–Trinajstić information content (AvgIpc) is 2.71. The Morgan fingerprint density at radius 1 is 1.69 bits per heavy atom. The monoisotopic (exact) mass is 199 g/mol. The van der Waals surface area contributed by atoms with E-state index in [4.69, 9.17) is 4.74 Å². The van der Waals surface area contributed by atoms with Crippen LogP contribution >= 0.6 is 11.3 Å². The molecule has 1 unspecified atom stereocenters. The molecule has 0 amide bonds. The fourth-order valence-electron chi connectivity index (χ4n) is 1.30. The number of hydrogen-bond donors (Lipinski definition) is 1. The van der Waals surface area contributed by atoms with E-state index in [0.29, 0.717) is 5.19 Å². The molecule has 0 saturated heterocycles. The molecule has 1 aromatic heterocycles. The highest BCUT2D eigenvalue weighted by Gasteiger charge is 2.45. The maximum atomic E-state index is 9.94. The first-order valence-electron chi connectivity index (χ1n) is 4.33. The second-order valence-electron chi connectivity index (χ2n) is 3.79. The number of aromatic nitrogens is 1. The number of aliphatic hydroxyl groups excluding tert-OH is 1. The SMILES string of the molecule is COc1ncc(C(O)C2(C)CC2)s1. The molecule has 4 heteroatoms. The van der Waals surface area contributed by atoms with Crippen LogP contribution in [0.3, 0.4) is 0 Å². The third-order valence-corrected chi connectivity index (χ3v) is 3.66. The normalized spacial score (nSPS) is 21.2. The fraction of sp³-hybridized carbons (Fsp3) is 0.667. The largest absolute Gasteiger partial charge is 0.473 e. The molecule has 2 rings (SSSR count). The smallest absolute Gasteiger partial charge is 0.273 e. The first-order chi connectivity index (χ1) is 6.15. The molecule has 0 bridgehead atoms. The summed E-state index contributed by atoms with van der Waals surface area (Å²) >= 11 is 1.42. The van der Waals surface area contributed by atoms with Crippen molar-refractivity contribution in [1.29, 1.82) is 0 Å². The molecule has 0 spiro atoms. The number of rotatable bonds is 3. The summed E-state index contributed by atoms with van der Waals surface area (Å²) in [7, 11) is 1.59. The molecule has 1 aliphatic rings. The molecular formula is C9H13NO2S. The summed E-state index contributed by atoms with van der Waals surface area (Å²) in [4.78, 5) is 4.95. The highest BCUT2D eigenvalue weighted by molar-refractivity contribution is 7.13. The van der Waals surface area contributed by atoms with Crippen LogP contribution in [0.25, 0.3) is 0 Å². The van der Waals surface area contributed by atoms with Crippen molar-refractivity contribution in [2.24, 2.45) is 5.41 Å².